The van der Waals surface area contributed by atoms with Gasteiger partial charge in [-0.3, -0.25) is 4.98 Å². The van der Waals surface area contributed by atoms with Crippen molar-refractivity contribution >= 4 is 15.3 Å². The Morgan fingerprint density at radius 3 is 2.49 bits per heavy atom. The monoisotopic (exact) mass is 556 g/mol. The number of quaternary nitrogens is 1. The molecule has 1 aromatic heterocycles. The number of pyridine rings is 1. The van der Waals surface area contributed by atoms with Crippen molar-refractivity contribution in [3.05, 3.63) is 130 Å². The number of allylic oxidation sites excluding steroid dienone is 2. The van der Waals surface area contributed by atoms with E-state index in [4.69, 9.17) is 0 Å². The van der Waals surface area contributed by atoms with E-state index in [1.807, 2.05) is 30.3 Å². The number of nitrogens with zero attached hydrogens (tertiary/aromatic N) is 1. The average molecular weight is 557 g/mol. The third-order valence-electron chi connectivity index (χ3n) is 6.47. The van der Waals surface area contributed by atoms with Gasteiger partial charge in [0.15, 0.2) is 11.5 Å². The van der Waals surface area contributed by atoms with Crippen LogP contribution in [0.4, 0.5) is 18.0 Å². The zero-order chi connectivity index (χ0) is 28.2. The molecule has 0 fully saturated rings. The van der Waals surface area contributed by atoms with Crippen LogP contribution in [0.25, 0.3) is 0 Å². The van der Waals surface area contributed by atoms with E-state index in [1.165, 1.54) is 33.5 Å². The summed E-state index contributed by atoms with van der Waals surface area (Å²) in [4.78, 5) is 18.2. The molecule has 0 spiro atoms. The summed E-state index contributed by atoms with van der Waals surface area (Å²) in [5.74, 6) is -0.876. The molecular weight excluding hydrogens is 528 g/mol. The average Bonchev–Trinajstić information content (AvgIpc) is 2.89. The highest BCUT2D eigenvalue weighted by Crippen LogP contribution is 2.39. The van der Waals surface area contributed by atoms with Gasteiger partial charge < -0.3 is 15.8 Å². The van der Waals surface area contributed by atoms with Crippen molar-refractivity contribution < 1.29 is 28.4 Å². The van der Waals surface area contributed by atoms with Crippen LogP contribution in [-0.2, 0) is 17.6 Å². The zero-order valence-electron chi connectivity index (χ0n) is 21.0. The Morgan fingerprint density at radius 1 is 1.13 bits per heavy atom. The molecule has 0 saturated heterocycles. The fourth-order valence-electron chi connectivity index (χ4n) is 4.57. The van der Waals surface area contributed by atoms with E-state index >= 15 is 0 Å². The molecular formula is C28H28F3N4O3P. The number of hydrogen-bond acceptors (Lipinski definition) is 4. The SMILES string of the molecule is Cc1cccc(C(Cc2ccccc2)(NC(=O)NC2C=CC(F)=C([NH+]([O-])O)C2)c2cccc(C(F)(F)P)c2)n1. The number of urea groups is 1. The quantitative estimate of drug-likeness (QED) is 0.244. The van der Waals surface area contributed by atoms with Crippen LogP contribution in [0.3, 0.4) is 0 Å². The van der Waals surface area contributed by atoms with E-state index in [1.54, 1.807) is 31.2 Å². The van der Waals surface area contributed by atoms with Gasteiger partial charge in [-0.05, 0) is 42.3 Å². The molecule has 4 unspecified atom stereocenters. The first-order chi connectivity index (χ1) is 18.5. The minimum Gasteiger partial charge on any atom is -0.595 e. The van der Waals surface area contributed by atoms with E-state index in [0.717, 1.165) is 11.6 Å². The first-order valence-corrected chi connectivity index (χ1v) is 12.7. The maximum Gasteiger partial charge on any atom is 0.316 e. The molecule has 2 amide bonds. The second-order valence-electron chi connectivity index (χ2n) is 9.34. The predicted molar refractivity (Wildman–Crippen MR) is 143 cm³/mol. The van der Waals surface area contributed by atoms with Gasteiger partial charge in [-0.15, -0.1) is 0 Å². The van der Waals surface area contributed by atoms with Gasteiger partial charge in [0.25, 0.3) is 5.66 Å². The second kappa shape index (κ2) is 11.7. The molecule has 4 atom stereocenters. The summed E-state index contributed by atoms with van der Waals surface area (Å²) in [6.45, 7) is 1.78. The number of carbonyl (C=O) groups is 1. The molecule has 0 saturated carbocycles. The van der Waals surface area contributed by atoms with Crippen LogP contribution in [-0.4, -0.2) is 22.3 Å². The lowest BCUT2D eigenvalue weighted by atomic mass is 9.80. The van der Waals surface area contributed by atoms with Crippen LogP contribution in [0.2, 0.25) is 0 Å². The number of benzene rings is 2. The highest BCUT2D eigenvalue weighted by atomic mass is 31.0. The molecule has 0 aliphatic heterocycles. The van der Waals surface area contributed by atoms with E-state index in [2.05, 4.69) is 15.6 Å². The number of rotatable bonds is 8. The fourth-order valence-corrected chi connectivity index (χ4v) is 4.75. The molecule has 2 aromatic carbocycles. The number of nitrogens with one attached hydrogen (secondary N) is 3. The molecule has 204 valence electrons. The first kappa shape index (κ1) is 28.4. The maximum absolute atomic E-state index is 14.4. The van der Waals surface area contributed by atoms with Crippen molar-refractivity contribution in [2.45, 2.75) is 37.0 Å². The third-order valence-corrected chi connectivity index (χ3v) is 6.80. The van der Waals surface area contributed by atoms with E-state index in [-0.39, 0.29) is 18.4 Å². The molecule has 3 aromatic rings. The lowest BCUT2D eigenvalue weighted by Crippen LogP contribution is -3.03. The minimum absolute atomic E-state index is 0.166. The molecule has 39 heavy (non-hydrogen) atoms. The van der Waals surface area contributed by atoms with Crippen molar-refractivity contribution in [3.8, 4) is 0 Å². The molecule has 11 heteroatoms. The molecule has 1 heterocycles. The molecule has 1 aliphatic carbocycles. The smallest absolute Gasteiger partial charge is 0.316 e. The van der Waals surface area contributed by atoms with Crippen molar-refractivity contribution in [3.63, 3.8) is 0 Å². The summed E-state index contributed by atoms with van der Waals surface area (Å²) in [6, 6.07) is 18.7. The lowest BCUT2D eigenvalue weighted by Gasteiger charge is -2.36. The summed E-state index contributed by atoms with van der Waals surface area (Å²) >= 11 is 0. The van der Waals surface area contributed by atoms with Crippen LogP contribution in [0.1, 0.15) is 34.5 Å². The largest absolute Gasteiger partial charge is 0.595 e. The molecule has 0 radical (unpaired) electrons. The lowest BCUT2D eigenvalue weighted by molar-refractivity contribution is -1.02. The highest BCUT2D eigenvalue weighted by Gasteiger charge is 2.40. The number of aryl methyl sites for hydroxylation is 1. The summed E-state index contributed by atoms with van der Waals surface area (Å²) in [5, 5.41) is 24.9. The van der Waals surface area contributed by atoms with Gasteiger partial charge in [0.2, 0.25) is 0 Å². The number of hydroxylamine groups is 2. The van der Waals surface area contributed by atoms with Crippen molar-refractivity contribution in [1.82, 2.24) is 15.6 Å². The fraction of sp³-hybridized carbons (Fsp3) is 0.214. The Morgan fingerprint density at radius 2 is 1.82 bits per heavy atom. The normalized spacial score (nSPS) is 17.9. The molecule has 7 nitrogen and oxygen atoms in total. The summed E-state index contributed by atoms with van der Waals surface area (Å²) in [6.07, 6.45) is 2.27. The highest BCUT2D eigenvalue weighted by molar-refractivity contribution is 7.17. The molecule has 0 bridgehead atoms. The number of halogens is 3. The predicted octanol–water partition coefficient (Wildman–Crippen LogP) is 4.38. The van der Waals surface area contributed by atoms with Gasteiger partial charge in [-0.2, -0.15) is 14.0 Å². The van der Waals surface area contributed by atoms with Crippen LogP contribution in [0.15, 0.2) is 96.5 Å². The van der Waals surface area contributed by atoms with Gasteiger partial charge in [0, 0.05) is 17.7 Å². The van der Waals surface area contributed by atoms with Gasteiger partial charge in [-0.25, -0.2) is 14.4 Å². The Balaban J connectivity index is 1.80. The maximum atomic E-state index is 14.4. The summed E-state index contributed by atoms with van der Waals surface area (Å²) in [7, 11) is 1.52. The topological polar surface area (TPSA) is 102 Å². The van der Waals surface area contributed by atoms with Gasteiger partial charge >= 0.3 is 6.03 Å². The Labute approximate surface area is 226 Å². The van der Waals surface area contributed by atoms with Gasteiger partial charge in [-0.1, -0.05) is 69.9 Å². The van der Waals surface area contributed by atoms with Crippen molar-refractivity contribution in [1.29, 1.82) is 0 Å². The Bertz CT molecular complexity index is 1400. The van der Waals surface area contributed by atoms with Crippen LogP contribution in [0, 0.1) is 12.1 Å². The molecule has 4 N–H and O–H groups in total. The Kier molecular flexibility index (Phi) is 8.51. The number of hydrogen-bond donors (Lipinski definition) is 4. The first-order valence-electron chi connectivity index (χ1n) is 12.1. The standard InChI is InChI=1S/C28H28F3N4O3P/c1-18-7-5-12-25(32-18)27(17-19-8-3-2-4-9-19,20-10-6-11-21(15-20)28(30,31)39)34-26(36)33-22-13-14-23(29)24(16-22)35(37)38/h2-15,22,35,37H,16-17,39H2,1H3,(H2,33,34,36). The second-order valence-corrected chi connectivity index (χ2v) is 10.1. The van der Waals surface area contributed by atoms with Gasteiger partial charge in [0.05, 0.1) is 18.2 Å². The summed E-state index contributed by atoms with van der Waals surface area (Å²) in [5.41, 5.74) is -3.08. The number of amides is 2. The van der Waals surface area contributed by atoms with Gasteiger partial charge in [0.1, 0.15) is 5.54 Å². The van der Waals surface area contributed by atoms with E-state index < -0.39 is 40.0 Å². The number of alkyl halides is 2. The minimum atomic E-state index is -3.21. The van der Waals surface area contributed by atoms with Crippen molar-refractivity contribution in [2.24, 2.45) is 0 Å². The van der Waals surface area contributed by atoms with Crippen LogP contribution >= 0.6 is 9.24 Å². The number of carbonyl (C=O) groups excluding carboxylic acids is 1. The van der Waals surface area contributed by atoms with E-state index in [9.17, 15) is 28.4 Å². The molecule has 4 rings (SSSR count). The number of aromatic nitrogens is 1. The van der Waals surface area contributed by atoms with Crippen LogP contribution < -0.4 is 15.9 Å². The van der Waals surface area contributed by atoms with Crippen molar-refractivity contribution in [2.75, 3.05) is 0 Å². The third kappa shape index (κ3) is 6.72. The Hall–Kier alpha value is -3.56. The molecule has 1 aliphatic rings. The van der Waals surface area contributed by atoms with E-state index in [0.29, 0.717) is 17.0 Å². The zero-order valence-corrected chi connectivity index (χ0v) is 22.2. The summed E-state index contributed by atoms with van der Waals surface area (Å²) < 4.78 is 42.7. The van der Waals surface area contributed by atoms with Crippen LogP contribution in [0.5, 0.6) is 0 Å².